The number of amides is 1. The number of rotatable bonds is 8. The van der Waals surface area contributed by atoms with Crippen molar-refractivity contribution in [1.82, 2.24) is 5.32 Å². The van der Waals surface area contributed by atoms with Crippen molar-refractivity contribution in [3.8, 4) is 0 Å². The van der Waals surface area contributed by atoms with Crippen LogP contribution in [0.25, 0.3) is 0 Å². The van der Waals surface area contributed by atoms with Crippen LogP contribution in [-0.4, -0.2) is 40.2 Å². The van der Waals surface area contributed by atoms with Gasteiger partial charge in [0.2, 0.25) is 5.54 Å². The highest BCUT2D eigenvalue weighted by Gasteiger charge is 2.50. The number of hydrogen-bond donors (Lipinski definition) is 4. The van der Waals surface area contributed by atoms with Crippen molar-refractivity contribution in [2.45, 2.75) is 18.2 Å². The lowest BCUT2D eigenvalue weighted by Gasteiger charge is -2.29. The number of aliphatic hydroxyl groups is 1. The number of alkyl carbamates (subject to hydrolysis) is 1. The first kappa shape index (κ1) is 20.1. The Balaban J connectivity index is 2.16. The van der Waals surface area contributed by atoms with E-state index in [-0.39, 0.29) is 6.61 Å². The van der Waals surface area contributed by atoms with Crippen LogP contribution in [0.5, 0.6) is 0 Å². The summed E-state index contributed by atoms with van der Waals surface area (Å²) in [5, 5.41) is 21.1. The molecule has 0 spiro atoms. The number of nitrogens with two attached hydrogens (primary N) is 1. The molecule has 8 heteroatoms. The van der Waals surface area contributed by atoms with Gasteiger partial charge >= 0.3 is 12.1 Å². The molecule has 1 amide bonds. The third-order valence-electron chi connectivity index (χ3n) is 3.99. The van der Waals surface area contributed by atoms with Crippen LogP contribution in [0, 0.1) is 0 Å². The van der Waals surface area contributed by atoms with Crippen molar-refractivity contribution in [2.75, 3.05) is 6.61 Å². The van der Waals surface area contributed by atoms with Gasteiger partial charge in [0.15, 0.2) is 5.78 Å². The van der Waals surface area contributed by atoms with Crippen LogP contribution in [0.15, 0.2) is 60.7 Å². The average molecular weight is 372 g/mol. The molecule has 0 heterocycles. The lowest BCUT2D eigenvalue weighted by atomic mass is 9.87. The number of benzene rings is 2. The molecule has 0 saturated carbocycles. The Hall–Kier alpha value is -3.23. The molecule has 2 atom stereocenters. The number of nitrogens with one attached hydrogen (secondary N) is 1. The van der Waals surface area contributed by atoms with Gasteiger partial charge in [0.1, 0.15) is 6.61 Å². The Morgan fingerprint density at radius 2 is 1.59 bits per heavy atom. The van der Waals surface area contributed by atoms with E-state index in [2.05, 4.69) is 0 Å². The molecule has 0 aliphatic heterocycles. The fraction of sp³-hybridized carbons (Fsp3) is 0.211. The van der Waals surface area contributed by atoms with Crippen LogP contribution >= 0.6 is 0 Å². The molecule has 0 aliphatic carbocycles. The quantitative estimate of drug-likeness (QED) is 0.507. The first-order chi connectivity index (χ1) is 12.9. The van der Waals surface area contributed by atoms with Crippen molar-refractivity contribution in [2.24, 2.45) is 5.73 Å². The molecule has 5 N–H and O–H groups in total. The van der Waals surface area contributed by atoms with Crippen LogP contribution in [0.2, 0.25) is 0 Å². The fourth-order valence-corrected chi connectivity index (χ4v) is 2.42. The van der Waals surface area contributed by atoms with E-state index in [1.165, 1.54) is 0 Å². The number of ketones is 1. The summed E-state index contributed by atoms with van der Waals surface area (Å²) in [6, 6.07) is 15.4. The summed E-state index contributed by atoms with van der Waals surface area (Å²) in [6.07, 6.45) is -1.16. The monoisotopic (exact) mass is 372 g/mol. The van der Waals surface area contributed by atoms with E-state index >= 15 is 0 Å². The number of aliphatic hydroxyl groups excluding tert-OH is 1. The SMILES string of the molecule is NC(C(=O)C(CO)(NC(=O)OCc1ccccc1)C(=O)O)c1ccccc1. The van der Waals surface area contributed by atoms with E-state index in [9.17, 15) is 24.6 Å². The second kappa shape index (κ2) is 8.93. The minimum Gasteiger partial charge on any atom is -0.479 e. The molecule has 2 aromatic rings. The third kappa shape index (κ3) is 4.69. The Labute approximate surface area is 155 Å². The third-order valence-corrected chi connectivity index (χ3v) is 3.99. The summed E-state index contributed by atoms with van der Waals surface area (Å²) in [7, 11) is 0. The normalized spacial score (nSPS) is 13.9. The molecular weight excluding hydrogens is 352 g/mol. The largest absolute Gasteiger partial charge is 0.479 e. The highest BCUT2D eigenvalue weighted by Crippen LogP contribution is 2.19. The van der Waals surface area contributed by atoms with Crippen molar-refractivity contribution in [1.29, 1.82) is 0 Å². The molecule has 142 valence electrons. The molecule has 0 saturated heterocycles. The summed E-state index contributed by atoms with van der Waals surface area (Å²) < 4.78 is 4.95. The molecular formula is C19H20N2O6. The summed E-state index contributed by atoms with van der Waals surface area (Å²) in [4.78, 5) is 36.5. The molecule has 0 aliphatic rings. The van der Waals surface area contributed by atoms with E-state index < -0.39 is 36.0 Å². The van der Waals surface area contributed by atoms with E-state index in [0.29, 0.717) is 11.1 Å². The summed E-state index contributed by atoms with van der Waals surface area (Å²) >= 11 is 0. The van der Waals surface area contributed by atoms with E-state index in [1.54, 1.807) is 60.7 Å². The summed E-state index contributed by atoms with van der Waals surface area (Å²) in [6.45, 7) is -1.31. The summed E-state index contributed by atoms with van der Waals surface area (Å²) in [5.74, 6) is -2.81. The Bertz CT molecular complexity index is 796. The number of hydrogen-bond acceptors (Lipinski definition) is 6. The van der Waals surface area contributed by atoms with Crippen molar-refractivity contribution >= 4 is 17.8 Å². The standard InChI is InChI=1S/C19H20N2O6/c20-15(14-9-5-2-6-10-14)16(23)19(12-22,17(24)25)21-18(26)27-11-13-7-3-1-4-8-13/h1-10,15,22H,11-12,20H2,(H,21,26)(H,24,25). The van der Waals surface area contributed by atoms with Crippen LogP contribution in [0.1, 0.15) is 17.2 Å². The van der Waals surface area contributed by atoms with Gasteiger partial charge in [0.05, 0.1) is 12.6 Å². The second-order valence-electron chi connectivity index (χ2n) is 5.81. The lowest BCUT2D eigenvalue weighted by molar-refractivity contribution is -0.152. The zero-order valence-electron chi connectivity index (χ0n) is 14.4. The first-order valence-corrected chi connectivity index (χ1v) is 8.08. The highest BCUT2D eigenvalue weighted by atomic mass is 16.5. The zero-order chi connectivity index (χ0) is 19.9. The molecule has 0 aromatic heterocycles. The molecule has 27 heavy (non-hydrogen) atoms. The van der Waals surface area contributed by atoms with E-state index in [1.807, 2.05) is 5.32 Å². The molecule has 2 rings (SSSR count). The van der Waals surface area contributed by atoms with Gasteiger partial charge < -0.3 is 20.7 Å². The number of aliphatic carboxylic acids is 1. The topological polar surface area (TPSA) is 139 Å². The van der Waals surface area contributed by atoms with Crippen molar-refractivity contribution < 1.29 is 29.3 Å². The fourth-order valence-electron chi connectivity index (χ4n) is 2.42. The van der Waals surface area contributed by atoms with Crippen molar-refractivity contribution in [3.05, 3.63) is 71.8 Å². The average Bonchev–Trinajstić information content (AvgIpc) is 2.70. The summed E-state index contributed by atoms with van der Waals surface area (Å²) in [5.41, 5.74) is 4.26. The molecule has 8 nitrogen and oxygen atoms in total. The highest BCUT2D eigenvalue weighted by molar-refractivity contribution is 6.12. The van der Waals surface area contributed by atoms with Crippen LogP contribution < -0.4 is 11.1 Å². The van der Waals surface area contributed by atoms with Crippen molar-refractivity contribution in [3.63, 3.8) is 0 Å². The van der Waals surface area contributed by atoms with Gasteiger partial charge in [0.25, 0.3) is 0 Å². The van der Waals surface area contributed by atoms with Gasteiger partial charge in [-0.25, -0.2) is 9.59 Å². The van der Waals surface area contributed by atoms with Crippen LogP contribution in [0.3, 0.4) is 0 Å². The molecule has 2 aromatic carbocycles. The molecule has 2 unspecified atom stereocenters. The smallest absolute Gasteiger partial charge is 0.408 e. The van der Waals surface area contributed by atoms with Crippen LogP contribution in [0.4, 0.5) is 4.79 Å². The Morgan fingerprint density at radius 3 is 2.11 bits per heavy atom. The number of carboxylic acid groups (broad SMARTS) is 1. The number of carbonyl (C=O) groups excluding carboxylic acids is 2. The van der Waals surface area contributed by atoms with Gasteiger partial charge in [-0.2, -0.15) is 0 Å². The number of carbonyl (C=O) groups is 3. The van der Waals surface area contributed by atoms with Crippen LogP contribution in [-0.2, 0) is 20.9 Å². The minimum atomic E-state index is -2.62. The van der Waals surface area contributed by atoms with Gasteiger partial charge in [-0.1, -0.05) is 60.7 Å². The van der Waals surface area contributed by atoms with Gasteiger partial charge in [0, 0.05) is 0 Å². The predicted octanol–water partition coefficient (Wildman–Crippen LogP) is 0.998. The van der Waals surface area contributed by atoms with Gasteiger partial charge in [-0.05, 0) is 11.1 Å². The number of carboxylic acids is 1. The van der Waals surface area contributed by atoms with Gasteiger partial charge in [-0.3, -0.25) is 10.1 Å². The number of ether oxygens (including phenoxy) is 1. The molecule has 0 radical (unpaired) electrons. The van der Waals surface area contributed by atoms with Gasteiger partial charge in [-0.15, -0.1) is 0 Å². The Kier molecular flexibility index (Phi) is 6.64. The maximum atomic E-state index is 12.7. The lowest BCUT2D eigenvalue weighted by Crippen LogP contribution is -2.64. The van der Waals surface area contributed by atoms with E-state index in [4.69, 9.17) is 10.5 Å². The van der Waals surface area contributed by atoms with E-state index in [0.717, 1.165) is 0 Å². The second-order valence-corrected chi connectivity index (χ2v) is 5.81. The first-order valence-electron chi connectivity index (χ1n) is 8.08. The maximum absolute atomic E-state index is 12.7. The number of Topliss-reactive ketones (excluding diaryl/α,β-unsaturated/α-hetero) is 1. The maximum Gasteiger partial charge on any atom is 0.408 e. The minimum absolute atomic E-state index is 0.132. The Morgan fingerprint density at radius 1 is 1.04 bits per heavy atom. The zero-order valence-corrected chi connectivity index (χ0v) is 14.4. The predicted molar refractivity (Wildman–Crippen MR) is 95.6 cm³/mol. The molecule has 0 bridgehead atoms. The molecule has 0 fully saturated rings.